The average Bonchev–Trinajstić information content (AvgIpc) is 3.03. The first-order chi connectivity index (χ1) is 14.3. The van der Waals surface area contributed by atoms with E-state index in [1.54, 1.807) is 11.8 Å². The van der Waals surface area contributed by atoms with Crippen molar-refractivity contribution in [1.29, 1.82) is 0 Å². The molecule has 1 aromatic carbocycles. The predicted octanol–water partition coefficient (Wildman–Crippen LogP) is 4.35. The molecular weight excluding hydrogens is 416 g/mol. The van der Waals surface area contributed by atoms with Crippen molar-refractivity contribution in [1.82, 2.24) is 14.9 Å². The molecule has 4 rings (SSSR count). The minimum atomic E-state index is -0.202. The van der Waals surface area contributed by atoms with Crippen molar-refractivity contribution in [3.05, 3.63) is 50.1 Å². The zero-order valence-corrected chi connectivity index (χ0v) is 19.3. The lowest BCUT2D eigenvalue weighted by atomic mass is 10.1. The second-order valence-corrected chi connectivity index (χ2v) is 10.3. The summed E-state index contributed by atoms with van der Waals surface area (Å²) in [5.74, 6) is -0.202. The molecule has 1 aliphatic rings. The number of fused-ring (bicyclic) bond motifs is 1. The van der Waals surface area contributed by atoms with Gasteiger partial charge in [0.15, 0.2) is 5.16 Å². The molecule has 30 heavy (non-hydrogen) atoms. The fourth-order valence-corrected chi connectivity index (χ4v) is 5.98. The Hall–Kier alpha value is -2.16. The Morgan fingerprint density at radius 1 is 1.27 bits per heavy atom. The van der Waals surface area contributed by atoms with Gasteiger partial charge in [-0.2, -0.15) is 0 Å². The minimum Gasteiger partial charge on any atom is -0.321 e. The van der Waals surface area contributed by atoms with Gasteiger partial charge in [-0.05, 0) is 70.9 Å². The topological polar surface area (TPSA) is 78.1 Å². The van der Waals surface area contributed by atoms with Gasteiger partial charge in [0, 0.05) is 10.9 Å². The maximum atomic E-state index is 12.9. The van der Waals surface area contributed by atoms with Crippen molar-refractivity contribution in [2.75, 3.05) is 25.5 Å². The lowest BCUT2D eigenvalue weighted by Gasteiger charge is -2.27. The number of aromatic amines is 1. The van der Waals surface area contributed by atoms with Crippen molar-refractivity contribution in [3.63, 3.8) is 0 Å². The summed E-state index contributed by atoms with van der Waals surface area (Å²) in [6, 6.07) is 5.91. The first kappa shape index (κ1) is 21.1. The van der Waals surface area contributed by atoms with Crippen molar-refractivity contribution >= 4 is 44.9 Å². The third-order valence-corrected chi connectivity index (χ3v) is 7.96. The molecule has 0 saturated carbocycles. The molecule has 0 bridgehead atoms. The van der Waals surface area contributed by atoms with Gasteiger partial charge < -0.3 is 15.2 Å². The summed E-state index contributed by atoms with van der Waals surface area (Å²) in [4.78, 5) is 36.8. The molecule has 0 spiro atoms. The number of carbonyl (C=O) groups excluding carboxylic acids is 1. The zero-order valence-electron chi connectivity index (χ0n) is 17.7. The number of H-pyrrole nitrogens is 1. The van der Waals surface area contributed by atoms with Crippen LogP contribution in [-0.4, -0.2) is 46.2 Å². The largest absolute Gasteiger partial charge is 0.321 e. The molecule has 0 radical (unpaired) electrons. The molecule has 1 aliphatic heterocycles. The monoisotopic (exact) mass is 442 g/mol. The normalized spacial score (nSPS) is 15.6. The fourth-order valence-electron chi connectivity index (χ4n) is 3.79. The number of nitrogens with one attached hydrogen (secondary N) is 2. The Morgan fingerprint density at radius 2 is 2.00 bits per heavy atom. The van der Waals surface area contributed by atoms with Crippen LogP contribution < -0.4 is 10.9 Å². The van der Waals surface area contributed by atoms with Crippen molar-refractivity contribution in [3.8, 4) is 0 Å². The van der Waals surface area contributed by atoms with Gasteiger partial charge in [0.25, 0.3) is 11.5 Å². The number of likely N-dealkylation sites (tertiary alicyclic amines) is 1. The minimum absolute atomic E-state index is 0.172. The number of benzene rings is 1. The number of rotatable bonds is 4. The van der Waals surface area contributed by atoms with Crippen molar-refractivity contribution in [2.24, 2.45) is 0 Å². The molecule has 3 heterocycles. The first-order valence-electron chi connectivity index (χ1n) is 10.1. The summed E-state index contributed by atoms with van der Waals surface area (Å²) in [5, 5.41) is 4.59. The summed E-state index contributed by atoms with van der Waals surface area (Å²) < 4.78 is 0. The van der Waals surface area contributed by atoms with Gasteiger partial charge in [-0.25, -0.2) is 4.98 Å². The molecule has 2 N–H and O–H groups in total. The van der Waals surface area contributed by atoms with Crippen LogP contribution >= 0.6 is 23.1 Å². The number of amides is 1. The number of anilines is 1. The summed E-state index contributed by atoms with van der Waals surface area (Å²) in [6.45, 7) is 7.93. The van der Waals surface area contributed by atoms with Gasteiger partial charge in [0.05, 0.1) is 10.3 Å². The quantitative estimate of drug-likeness (QED) is 0.588. The van der Waals surface area contributed by atoms with E-state index in [9.17, 15) is 9.59 Å². The number of thiophene rings is 1. The smallest absolute Gasteiger partial charge is 0.266 e. The molecule has 3 aromatic rings. The number of aromatic nitrogens is 2. The van der Waals surface area contributed by atoms with E-state index in [4.69, 9.17) is 0 Å². The SMILES string of the molecule is Cc1ccc(NC(=O)c2sc3nc(SC4CCN(C)CC4)[nH]c(=O)c3c2C)c(C)c1. The number of hydrogen-bond acceptors (Lipinski definition) is 6. The number of carbonyl (C=O) groups is 1. The zero-order chi connectivity index (χ0) is 21.4. The maximum Gasteiger partial charge on any atom is 0.266 e. The Kier molecular flexibility index (Phi) is 5.99. The molecule has 1 saturated heterocycles. The molecular formula is C22H26N4O2S2. The van der Waals surface area contributed by atoms with E-state index in [1.165, 1.54) is 11.3 Å². The number of aryl methyl sites for hydroxylation is 3. The Labute approximate surface area is 184 Å². The van der Waals surface area contributed by atoms with E-state index in [-0.39, 0.29) is 11.5 Å². The van der Waals surface area contributed by atoms with Crippen LogP contribution in [0.2, 0.25) is 0 Å². The van der Waals surface area contributed by atoms with E-state index in [1.807, 2.05) is 39.0 Å². The van der Waals surface area contributed by atoms with Crippen LogP contribution in [0, 0.1) is 20.8 Å². The maximum absolute atomic E-state index is 12.9. The fraction of sp³-hybridized carbons (Fsp3) is 0.409. The molecule has 158 valence electrons. The standard InChI is InChI=1S/C22H26N4O2S2/c1-12-5-6-16(13(2)11-12)23-20(28)18-14(3)17-19(27)24-22(25-21(17)30-18)29-15-7-9-26(4)10-8-15/h5-6,11,15H,7-10H2,1-4H3,(H,23,28)(H,24,25,27). The Balaban J connectivity index is 1.60. The predicted molar refractivity (Wildman–Crippen MR) is 125 cm³/mol. The van der Waals surface area contributed by atoms with E-state index in [2.05, 4.69) is 27.2 Å². The van der Waals surface area contributed by atoms with Crippen LogP contribution in [0.15, 0.2) is 28.2 Å². The van der Waals surface area contributed by atoms with Crippen LogP contribution in [0.5, 0.6) is 0 Å². The average molecular weight is 443 g/mol. The lowest BCUT2D eigenvalue weighted by Crippen LogP contribution is -2.31. The van der Waals surface area contributed by atoms with Crippen LogP contribution in [0.1, 0.15) is 39.2 Å². The van der Waals surface area contributed by atoms with Crippen LogP contribution in [0.3, 0.4) is 0 Å². The van der Waals surface area contributed by atoms with Crippen LogP contribution in [-0.2, 0) is 0 Å². The highest BCUT2D eigenvalue weighted by molar-refractivity contribution is 7.99. The third-order valence-electron chi connectivity index (χ3n) is 5.56. The summed E-state index contributed by atoms with van der Waals surface area (Å²) in [7, 11) is 2.13. The van der Waals surface area contributed by atoms with Gasteiger partial charge >= 0.3 is 0 Å². The third kappa shape index (κ3) is 4.31. The highest BCUT2D eigenvalue weighted by Crippen LogP contribution is 2.32. The Bertz CT molecular complexity index is 1160. The van der Waals surface area contributed by atoms with Crippen molar-refractivity contribution < 1.29 is 4.79 Å². The molecule has 0 atom stereocenters. The van der Waals surface area contributed by atoms with Gasteiger partial charge in [0.1, 0.15) is 4.83 Å². The molecule has 0 unspecified atom stereocenters. The highest BCUT2D eigenvalue weighted by atomic mass is 32.2. The molecule has 1 fully saturated rings. The van der Waals surface area contributed by atoms with E-state index >= 15 is 0 Å². The Morgan fingerprint density at radius 3 is 2.70 bits per heavy atom. The first-order valence-corrected chi connectivity index (χ1v) is 11.8. The summed E-state index contributed by atoms with van der Waals surface area (Å²) in [6.07, 6.45) is 2.16. The summed E-state index contributed by atoms with van der Waals surface area (Å²) >= 11 is 2.92. The van der Waals surface area contributed by atoms with E-state index in [0.29, 0.717) is 31.1 Å². The summed E-state index contributed by atoms with van der Waals surface area (Å²) in [5.41, 5.74) is 3.45. The lowest BCUT2D eigenvalue weighted by molar-refractivity contribution is 0.103. The van der Waals surface area contributed by atoms with Gasteiger partial charge in [-0.15, -0.1) is 11.3 Å². The van der Waals surface area contributed by atoms with Gasteiger partial charge in [-0.1, -0.05) is 29.5 Å². The molecule has 8 heteroatoms. The number of thioether (sulfide) groups is 1. The molecule has 1 amide bonds. The number of nitrogens with zero attached hydrogens (tertiary/aromatic N) is 2. The second-order valence-electron chi connectivity index (χ2n) is 8.00. The number of piperidine rings is 1. The van der Waals surface area contributed by atoms with Gasteiger partial charge in [-0.3, -0.25) is 9.59 Å². The van der Waals surface area contributed by atoms with E-state index in [0.717, 1.165) is 42.7 Å². The van der Waals surface area contributed by atoms with Gasteiger partial charge in [0.2, 0.25) is 0 Å². The van der Waals surface area contributed by atoms with Crippen LogP contribution in [0.25, 0.3) is 10.2 Å². The highest BCUT2D eigenvalue weighted by Gasteiger charge is 2.22. The van der Waals surface area contributed by atoms with Crippen LogP contribution in [0.4, 0.5) is 5.69 Å². The molecule has 2 aromatic heterocycles. The van der Waals surface area contributed by atoms with E-state index < -0.39 is 0 Å². The molecule has 0 aliphatic carbocycles. The second kappa shape index (κ2) is 8.53. The van der Waals surface area contributed by atoms with Crippen molar-refractivity contribution in [2.45, 2.75) is 44.0 Å². The number of hydrogen-bond donors (Lipinski definition) is 2. The molecule has 6 nitrogen and oxygen atoms in total.